The summed E-state index contributed by atoms with van der Waals surface area (Å²) < 4.78 is 5.42. The fraction of sp³-hybridized carbons (Fsp3) is 0.286. The first-order valence-electron chi connectivity index (χ1n) is 8.85. The van der Waals surface area contributed by atoms with Gasteiger partial charge in [-0.05, 0) is 24.1 Å². The summed E-state index contributed by atoms with van der Waals surface area (Å²) in [6.45, 7) is -0.0737. The van der Waals surface area contributed by atoms with Gasteiger partial charge in [-0.2, -0.15) is 0 Å². The van der Waals surface area contributed by atoms with Crippen LogP contribution in [0.2, 0.25) is 0 Å². The minimum atomic E-state index is -0.445. The van der Waals surface area contributed by atoms with Gasteiger partial charge in [0.15, 0.2) is 6.61 Å². The molecule has 27 heavy (non-hydrogen) atoms. The van der Waals surface area contributed by atoms with Crippen LogP contribution in [0.1, 0.15) is 18.4 Å². The van der Waals surface area contributed by atoms with Crippen LogP contribution in [-0.4, -0.2) is 28.8 Å². The van der Waals surface area contributed by atoms with Gasteiger partial charge in [-0.1, -0.05) is 60.3 Å². The first kappa shape index (κ1) is 19.2. The van der Waals surface area contributed by atoms with E-state index in [2.05, 4.69) is 5.32 Å². The lowest BCUT2D eigenvalue weighted by atomic mass is 9.93. The number of benzene rings is 2. The van der Waals surface area contributed by atoms with Crippen molar-refractivity contribution in [3.63, 3.8) is 0 Å². The van der Waals surface area contributed by atoms with Crippen molar-refractivity contribution in [3.05, 3.63) is 66.2 Å². The van der Waals surface area contributed by atoms with Crippen LogP contribution in [0.4, 0.5) is 0 Å². The molecule has 1 aliphatic heterocycles. The largest absolute Gasteiger partial charge is 0.485 e. The summed E-state index contributed by atoms with van der Waals surface area (Å²) in [6, 6.07) is 18.8. The lowest BCUT2D eigenvalue weighted by Gasteiger charge is -2.35. The van der Waals surface area contributed by atoms with Crippen LogP contribution in [0.15, 0.2) is 60.7 Å². The Balaban J connectivity index is 1.41. The second kappa shape index (κ2) is 9.37. The topological polar surface area (TPSA) is 72.5 Å². The van der Waals surface area contributed by atoms with Crippen molar-refractivity contribution in [3.8, 4) is 5.75 Å². The van der Waals surface area contributed by atoms with Gasteiger partial charge in [-0.25, -0.2) is 0 Å². The number of hydrogen-bond acceptors (Lipinski definition) is 5. The number of rotatable bonds is 9. The Morgan fingerprint density at radius 3 is 2.33 bits per heavy atom. The molecule has 1 aliphatic rings. The average Bonchev–Trinajstić information content (AvgIpc) is 2.70. The molecule has 0 saturated carbocycles. The molecule has 3 rings (SSSR count). The van der Waals surface area contributed by atoms with Gasteiger partial charge in [0.1, 0.15) is 11.5 Å². The number of ether oxygens (including phenoxy) is 1. The van der Waals surface area contributed by atoms with E-state index in [-0.39, 0.29) is 35.2 Å². The third-order valence-corrected chi connectivity index (χ3v) is 5.41. The van der Waals surface area contributed by atoms with Gasteiger partial charge in [0, 0.05) is 12.8 Å². The number of ketones is 1. The van der Waals surface area contributed by atoms with Gasteiger partial charge in [-0.3, -0.25) is 14.4 Å². The van der Waals surface area contributed by atoms with Crippen LogP contribution in [0.3, 0.4) is 0 Å². The summed E-state index contributed by atoms with van der Waals surface area (Å²) in [7, 11) is 0. The van der Waals surface area contributed by atoms with Gasteiger partial charge in [0.05, 0.1) is 11.3 Å². The van der Waals surface area contributed by atoms with Gasteiger partial charge in [0.2, 0.25) is 11.0 Å². The Morgan fingerprint density at radius 1 is 1.00 bits per heavy atom. The second-order valence-corrected chi connectivity index (χ2v) is 7.55. The lowest BCUT2D eigenvalue weighted by Crippen LogP contribution is -2.57. The lowest BCUT2D eigenvalue weighted by molar-refractivity contribution is -0.136. The minimum Gasteiger partial charge on any atom is -0.485 e. The van der Waals surface area contributed by atoms with E-state index in [0.717, 1.165) is 17.3 Å². The van der Waals surface area contributed by atoms with E-state index in [1.54, 1.807) is 12.1 Å². The summed E-state index contributed by atoms with van der Waals surface area (Å²) in [5, 5.41) is 2.16. The molecule has 1 saturated heterocycles. The smallest absolute Gasteiger partial charge is 0.228 e. The number of carbonyl (C=O) groups is 3. The number of Topliss-reactive ketones (excluding diaryl/α,β-unsaturated/α-hetero) is 1. The molecule has 0 bridgehead atoms. The van der Waals surface area contributed by atoms with E-state index >= 15 is 0 Å². The van der Waals surface area contributed by atoms with E-state index in [0.29, 0.717) is 18.6 Å². The molecule has 2 aromatic carbocycles. The molecular weight excluding hydrogens is 362 g/mol. The maximum Gasteiger partial charge on any atom is 0.228 e. The number of thioether (sulfide) groups is 1. The highest BCUT2D eigenvalue weighted by atomic mass is 32.2. The molecule has 0 aliphatic carbocycles. The van der Waals surface area contributed by atoms with Gasteiger partial charge in [0.25, 0.3) is 0 Å². The number of hydrogen-bond donors (Lipinski definition) is 1. The maximum atomic E-state index is 12.2. The predicted octanol–water partition coefficient (Wildman–Crippen LogP) is 2.99. The third kappa shape index (κ3) is 5.69. The maximum absolute atomic E-state index is 12.2. The van der Waals surface area contributed by atoms with E-state index in [9.17, 15) is 14.4 Å². The molecule has 2 atom stereocenters. The molecule has 0 radical (unpaired) electrons. The molecule has 1 amide bonds. The summed E-state index contributed by atoms with van der Waals surface area (Å²) >= 11 is 1.03. The molecule has 1 heterocycles. The Hall–Kier alpha value is -2.60. The highest BCUT2D eigenvalue weighted by molar-refractivity contribution is 8.14. The monoisotopic (exact) mass is 383 g/mol. The molecule has 2 aromatic rings. The van der Waals surface area contributed by atoms with Crippen molar-refractivity contribution >= 4 is 28.6 Å². The summed E-state index contributed by atoms with van der Waals surface area (Å²) in [5.41, 5.74) is 1.10. The number of β-lactam (4-membered cyclic amide) rings is 1. The number of para-hydroxylation sites is 1. The van der Waals surface area contributed by atoms with E-state index < -0.39 is 5.92 Å². The zero-order valence-electron chi connectivity index (χ0n) is 14.8. The molecule has 5 nitrogen and oxygen atoms in total. The quantitative estimate of drug-likeness (QED) is 0.674. The van der Waals surface area contributed by atoms with E-state index in [1.165, 1.54) is 0 Å². The summed E-state index contributed by atoms with van der Waals surface area (Å²) in [6.07, 6.45) is 1.23. The minimum absolute atomic E-state index is 0.0392. The molecule has 6 heteroatoms. The number of nitrogens with one attached hydrogen (secondary N) is 1. The molecule has 0 spiro atoms. The van der Waals surface area contributed by atoms with Crippen LogP contribution >= 0.6 is 11.8 Å². The highest BCUT2D eigenvalue weighted by Crippen LogP contribution is 2.29. The molecular formula is C21H21NO4S. The van der Waals surface area contributed by atoms with Crippen molar-refractivity contribution in [2.24, 2.45) is 5.92 Å². The van der Waals surface area contributed by atoms with E-state index in [1.807, 2.05) is 48.5 Å². The van der Waals surface area contributed by atoms with Crippen molar-refractivity contribution in [1.29, 1.82) is 0 Å². The predicted molar refractivity (Wildman–Crippen MR) is 104 cm³/mol. The van der Waals surface area contributed by atoms with Gasteiger partial charge >= 0.3 is 0 Å². The number of amides is 1. The second-order valence-electron chi connectivity index (χ2n) is 6.36. The molecule has 1 fully saturated rings. The Morgan fingerprint density at radius 2 is 1.67 bits per heavy atom. The van der Waals surface area contributed by atoms with Gasteiger partial charge < -0.3 is 10.1 Å². The zero-order chi connectivity index (χ0) is 19.1. The fourth-order valence-electron chi connectivity index (χ4n) is 2.81. The molecule has 0 aromatic heterocycles. The molecule has 0 unspecified atom stereocenters. The normalized spacial score (nSPS) is 18.3. The fourth-order valence-corrected chi connectivity index (χ4v) is 3.78. The Labute approximate surface area is 162 Å². The average molecular weight is 383 g/mol. The Kier molecular flexibility index (Phi) is 6.65. The van der Waals surface area contributed by atoms with Crippen LogP contribution in [0.5, 0.6) is 5.75 Å². The number of aryl methyl sites for hydroxylation is 1. The van der Waals surface area contributed by atoms with Crippen molar-refractivity contribution in [2.75, 3.05) is 6.61 Å². The third-order valence-electron chi connectivity index (χ3n) is 4.33. The first-order chi connectivity index (χ1) is 13.1. The van der Waals surface area contributed by atoms with Crippen LogP contribution in [0.25, 0.3) is 0 Å². The van der Waals surface area contributed by atoms with Crippen LogP contribution in [-0.2, 0) is 20.8 Å². The zero-order valence-corrected chi connectivity index (χ0v) is 15.6. The SMILES string of the molecule is O=C(CCc1ccccc1)C[C@@H]1C(=O)N[C@@H]1SC(=O)COc1ccccc1. The first-order valence-corrected chi connectivity index (χ1v) is 9.73. The highest BCUT2D eigenvalue weighted by Gasteiger charge is 2.42. The molecule has 140 valence electrons. The van der Waals surface area contributed by atoms with E-state index in [4.69, 9.17) is 4.74 Å². The molecule has 1 N–H and O–H groups in total. The standard InChI is InChI=1S/C21H21NO4S/c23-16(12-11-15-7-3-1-4-8-15)13-18-20(25)22-21(18)27-19(24)14-26-17-9-5-2-6-10-17/h1-10,18,21H,11-14H2,(H,22,25)/t18-,21-/m1/s1. The van der Waals surface area contributed by atoms with Crippen LogP contribution in [0, 0.1) is 5.92 Å². The summed E-state index contributed by atoms with van der Waals surface area (Å²) in [5.74, 6) is 0.0466. The van der Waals surface area contributed by atoms with Crippen molar-refractivity contribution in [1.82, 2.24) is 5.32 Å². The summed E-state index contributed by atoms with van der Waals surface area (Å²) in [4.78, 5) is 36.1. The number of carbonyl (C=O) groups excluding carboxylic acids is 3. The van der Waals surface area contributed by atoms with Crippen molar-refractivity contribution < 1.29 is 19.1 Å². The van der Waals surface area contributed by atoms with Crippen LogP contribution < -0.4 is 10.1 Å². The Bertz CT molecular complexity index is 794. The van der Waals surface area contributed by atoms with Gasteiger partial charge in [-0.15, -0.1) is 0 Å². The van der Waals surface area contributed by atoms with Crippen molar-refractivity contribution in [2.45, 2.75) is 24.6 Å².